The molecule has 1 aliphatic rings. The summed E-state index contributed by atoms with van der Waals surface area (Å²) in [5.74, 6) is -0.574. The zero-order chi connectivity index (χ0) is 21.0. The summed E-state index contributed by atoms with van der Waals surface area (Å²) in [5, 5.41) is 11.8. The Kier molecular flexibility index (Phi) is 5.84. The number of nitrogens with one attached hydrogen (secondary N) is 1. The van der Waals surface area contributed by atoms with Gasteiger partial charge >= 0.3 is 0 Å². The lowest BCUT2D eigenvalue weighted by Gasteiger charge is -2.23. The lowest BCUT2D eigenvalue weighted by molar-refractivity contribution is -0.117. The molecule has 1 heterocycles. The van der Waals surface area contributed by atoms with Crippen LogP contribution in [0.3, 0.4) is 0 Å². The third kappa shape index (κ3) is 4.73. The van der Waals surface area contributed by atoms with Crippen LogP contribution in [0.2, 0.25) is 0 Å². The van der Waals surface area contributed by atoms with Gasteiger partial charge in [-0.05, 0) is 36.8 Å². The summed E-state index contributed by atoms with van der Waals surface area (Å²) >= 11 is 0. The molecule has 0 aromatic heterocycles. The highest BCUT2D eigenvalue weighted by Crippen LogP contribution is 2.29. The van der Waals surface area contributed by atoms with Crippen molar-refractivity contribution in [1.82, 2.24) is 0 Å². The Bertz CT molecular complexity index is 1090. The SMILES string of the molecule is CS(=O)(=O)N(CC(=O)Nc1ccccc1N1CCCC1=O)c1cccc(C#N)c1. The number of rotatable bonds is 6. The molecule has 0 unspecified atom stereocenters. The molecule has 150 valence electrons. The predicted molar refractivity (Wildman–Crippen MR) is 110 cm³/mol. The Labute approximate surface area is 169 Å². The summed E-state index contributed by atoms with van der Waals surface area (Å²) < 4.78 is 25.4. The highest BCUT2D eigenvalue weighted by Gasteiger charge is 2.25. The molecule has 9 heteroatoms. The van der Waals surface area contributed by atoms with Crippen molar-refractivity contribution >= 4 is 38.9 Å². The Morgan fingerprint density at radius 1 is 1.24 bits per heavy atom. The van der Waals surface area contributed by atoms with E-state index in [1.165, 1.54) is 12.1 Å². The van der Waals surface area contributed by atoms with E-state index < -0.39 is 22.5 Å². The number of sulfonamides is 1. The summed E-state index contributed by atoms with van der Waals surface area (Å²) in [6.45, 7) is 0.109. The van der Waals surface area contributed by atoms with Gasteiger partial charge in [0.2, 0.25) is 21.8 Å². The molecule has 1 N–H and O–H groups in total. The van der Waals surface area contributed by atoms with Crippen molar-refractivity contribution in [3.63, 3.8) is 0 Å². The fourth-order valence-corrected chi connectivity index (χ4v) is 4.02. The molecule has 3 rings (SSSR count). The van der Waals surface area contributed by atoms with Crippen molar-refractivity contribution in [3.8, 4) is 6.07 Å². The van der Waals surface area contributed by atoms with Crippen LogP contribution < -0.4 is 14.5 Å². The van der Waals surface area contributed by atoms with Crippen molar-refractivity contribution in [2.75, 3.05) is 33.9 Å². The first-order chi connectivity index (χ1) is 13.8. The number of nitrogens with zero attached hydrogens (tertiary/aromatic N) is 3. The van der Waals surface area contributed by atoms with E-state index in [2.05, 4.69) is 5.32 Å². The maximum Gasteiger partial charge on any atom is 0.245 e. The minimum Gasteiger partial charge on any atom is -0.323 e. The van der Waals surface area contributed by atoms with E-state index in [0.717, 1.165) is 17.0 Å². The second kappa shape index (κ2) is 8.32. The van der Waals surface area contributed by atoms with Crippen LogP contribution >= 0.6 is 0 Å². The largest absolute Gasteiger partial charge is 0.323 e. The quantitative estimate of drug-likeness (QED) is 0.781. The highest BCUT2D eigenvalue weighted by atomic mass is 32.2. The van der Waals surface area contributed by atoms with Crippen LogP contribution in [-0.4, -0.2) is 39.6 Å². The van der Waals surface area contributed by atoms with Crippen LogP contribution in [0.25, 0.3) is 0 Å². The molecular weight excluding hydrogens is 392 g/mol. The molecule has 1 fully saturated rings. The molecule has 2 amide bonds. The van der Waals surface area contributed by atoms with Crippen molar-refractivity contribution < 1.29 is 18.0 Å². The first-order valence-corrected chi connectivity index (χ1v) is 10.8. The van der Waals surface area contributed by atoms with Crippen molar-refractivity contribution in [2.45, 2.75) is 12.8 Å². The van der Waals surface area contributed by atoms with Gasteiger partial charge in [0.25, 0.3) is 0 Å². The van der Waals surface area contributed by atoms with E-state index in [-0.39, 0.29) is 17.2 Å². The third-order valence-corrected chi connectivity index (χ3v) is 5.63. The van der Waals surface area contributed by atoms with Gasteiger partial charge in [0, 0.05) is 13.0 Å². The highest BCUT2D eigenvalue weighted by molar-refractivity contribution is 7.92. The lowest BCUT2D eigenvalue weighted by Crippen LogP contribution is -2.37. The Morgan fingerprint density at radius 3 is 2.66 bits per heavy atom. The number of hydrogen-bond donors (Lipinski definition) is 1. The first kappa shape index (κ1) is 20.4. The summed E-state index contributed by atoms with van der Waals surface area (Å²) in [4.78, 5) is 26.3. The van der Waals surface area contributed by atoms with Gasteiger partial charge in [-0.15, -0.1) is 0 Å². The van der Waals surface area contributed by atoms with Gasteiger partial charge in [-0.25, -0.2) is 8.42 Å². The second-order valence-electron chi connectivity index (χ2n) is 6.65. The van der Waals surface area contributed by atoms with Crippen LogP contribution in [0.4, 0.5) is 17.1 Å². The van der Waals surface area contributed by atoms with Gasteiger partial charge in [-0.3, -0.25) is 13.9 Å². The van der Waals surface area contributed by atoms with Crippen LogP contribution in [0, 0.1) is 11.3 Å². The minimum atomic E-state index is -3.77. The summed E-state index contributed by atoms with van der Waals surface area (Å²) in [6, 6.07) is 14.9. The van der Waals surface area contributed by atoms with E-state index in [0.29, 0.717) is 24.3 Å². The van der Waals surface area contributed by atoms with E-state index in [1.807, 2.05) is 6.07 Å². The van der Waals surface area contributed by atoms with Crippen LogP contribution in [0.5, 0.6) is 0 Å². The number of amides is 2. The van der Waals surface area contributed by atoms with E-state index >= 15 is 0 Å². The number of carbonyl (C=O) groups excluding carboxylic acids is 2. The molecule has 0 bridgehead atoms. The molecule has 0 aliphatic carbocycles. The maximum absolute atomic E-state index is 12.7. The second-order valence-corrected chi connectivity index (χ2v) is 8.55. The molecule has 1 aliphatic heterocycles. The Balaban J connectivity index is 1.83. The first-order valence-electron chi connectivity index (χ1n) is 8.97. The Morgan fingerprint density at radius 2 is 2.00 bits per heavy atom. The van der Waals surface area contributed by atoms with Crippen molar-refractivity contribution in [3.05, 3.63) is 54.1 Å². The van der Waals surface area contributed by atoms with Crippen LogP contribution in [-0.2, 0) is 19.6 Å². The Hall–Kier alpha value is -3.38. The van der Waals surface area contributed by atoms with E-state index in [4.69, 9.17) is 5.26 Å². The fraction of sp³-hybridized carbons (Fsp3) is 0.250. The zero-order valence-corrected chi connectivity index (χ0v) is 16.6. The van der Waals surface area contributed by atoms with E-state index in [1.54, 1.807) is 41.3 Å². The molecule has 29 heavy (non-hydrogen) atoms. The third-order valence-electron chi connectivity index (χ3n) is 4.49. The topological polar surface area (TPSA) is 111 Å². The van der Waals surface area contributed by atoms with Crippen molar-refractivity contribution in [2.24, 2.45) is 0 Å². The fourth-order valence-electron chi connectivity index (χ4n) is 3.17. The van der Waals surface area contributed by atoms with Gasteiger partial charge in [0.15, 0.2) is 0 Å². The predicted octanol–water partition coefficient (Wildman–Crippen LogP) is 2.09. The van der Waals surface area contributed by atoms with Gasteiger partial charge < -0.3 is 10.2 Å². The summed E-state index contributed by atoms with van der Waals surface area (Å²) in [5.41, 5.74) is 1.53. The number of hydrogen-bond acceptors (Lipinski definition) is 5. The summed E-state index contributed by atoms with van der Waals surface area (Å²) in [7, 11) is -3.77. The average molecular weight is 412 g/mol. The standard InChI is InChI=1S/C20H20N4O4S/c1-29(27,28)24(16-7-4-6-15(12-16)13-21)14-19(25)22-17-8-2-3-9-18(17)23-11-5-10-20(23)26/h2-4,6-9,12H,5,10-11,14H2,1H3,(H,22,25). The smallest absolute Gasteiger partial charge is 0.245 e. The normalized spacial score (nSPS) is 13.8. The number of nitriles is 1. The number of carbonyl (C=O) groups is 2. The molecule has 0 atom stereocenters. The number of benzene rings is 2. The molecule has 0 spiro atoms. The molecule has 0 radical (unpaired) electrons. The number of para-hydroxylation sites is 2. The molecule has 1 saturated heterocycles. The van der Waals surface area contributed by atoms with E-state index in [9.17, 15) is 18.0 Å². The van der Waals surface area contributed by atoms with Crippen LogP contribution in [0.1, 0.15) is 18.4 Å². The van der Waals surface area contributed by atoms with Gasteiger partial charge in [-0.2, -0.15) is 5.26 Å². The molecule has 0 saturated carbocycles. The van der Waals surface area contributed by atoms with Gasteiger partial charge in [0.1, 0.15) is 6.54 Å². The minimum absolute atomic E-state index is 0.0159. The zero-order valence-electron chi connectivity index (χ0n) is 15.8. The lowest BCUT2D eigenvalue weighted by atomic mass is 10.2. The molecule has 2 aromatic rings. The van der Waals surface area contributed by atoms with Gasteiger partial charge in [0.05, 0.1) is 35.0 Å². The molecule has 2 aromatic carbocycles. The number of anilines is 3. The molecule has 8 nitrogen and oxygen atoms in total. The van der Waals surface area contributed by atoms with Crippen molar-refractivity contribution in [1.29, 1.82) is 5.26 Å². The van der Waals surface area contributed by atoms with Crippen LogP contribution in [0.15, 0.2) is 48.5 Å². The maximum atomic E-state index is 12.7. The summed E-state index contributed by atoms with van der Waals surface area (Å²) in [6.07, 6.45) is 2.20. The monoisotopic (exact) mass is 412 g/mol. The van der Waals surface area contributed by atoms with Gasteiger partial charge in [-0.1, -0.05) is 18.2 Å². The average Bonchev–Trinajstić information content (AvgIpc) is 3.11. The molecular formula is C20H20N4O4S.